The van der Waals surface area contributed by atoms with Gasteiger partial charge in [0.1, 0.15) is 27.8 Å². The second kappa shape index (κ2) is 10.4. The maximum absolute atomic E-state index is 13.8. The van der Waals surface area contributed by atoms with E-state index < -0.39 is 16.1 Å². The quantitative estimate of drug-likeness (QED) is 0.207. The molecule has 0 radical (unpaired) electrons. The molecule has 160 valence electrons. The molecule has 1 unspecified atom stereocenters. The summed E-state index contributed by atoms with van der Waals surface area (Å²) >= 11 is 6.76. The number of hydrogen-bond donors (Lipinski definition) is 0. The fraction of sp³-hybridized carbons (Fsp3) is 0.154. The third-order valence-corrected chi connectivity index (χ3v) is 19.8. The van der Waals surface area contributed by atoms with Gasteiger partial charge in [-0.05, 0) is 42.0 Å². The second-order valence-electron chi connectivity index (χ2n) is 8.04. The highest BCUT2D eigenvalue weighted by atomic mass is 35.5. The van der Waals surface area contributed by atoms with Crippen LogP contribution in [0.5, 0.6) is 0 Å². The molecule has 0 heterocycles. The Balaban J connectivity index is 2.27. The molecular weight excluding hydrogens is 442 g/mol. The summed E-state index contributed by atoms with van der Waals surface area (Å²) in [4.78, 5) is 0. The van der Waals surface area contributed by atoms with E-state index in [2.05, 4.69) is 37.4 Å². The van der Waals surface area contributed by atoms with Gasteiger partial charge in [0.05, 0.1) is 0 Å². The van der Waals surface area contributed by atoms with Gasteiger partial charge in [0.15, 0.2) is 0 Å². The van der Waals surface area contributed by atoms with Gasteiger partial charge in [-0.25, -0.2) is 8.78 Å². The van der Waals surface area contributed by atoms with Crippen LogP contribution in [0.1, 0.15) is 0 Å². The van der Waals surface area contributed by atoms with Gasteiger partial charge >= 0.3 is 0 Å². The summed E-state index contributed by atoms with van der Waals surface area (Å²) in [5, 5.41) is 3.51. The van der Waals surface area contributed by atoms with Crippen molar-refractivity contribution in [3.8, 4) is 0 Å². The van der Waals surface area contributed by atoms with Crippen LogP contribution in [0.15, 0.2) is 104 Å². The van der Waals surface area contributed by atoms with Crippen molar-refractivity contribution in [2.24, 2.45) is 0 Å². The van der Waals surface area contributed by atoms with Crippen LogP contribution in [-0.2, 0) is 0 Å². The third-order valence-electron chi connectivity index (χ3n) is 6.10. The monoisotopic (exact) mass is 468 g/mol. The Morgan fingerprint density at radius 3 is 1.58 bits per heavy atom. The van der Waals surface area contributed by atoms with E-state index in [4.69, 9.17) is 11.6 Å². The first-order valence-corrected chi connectivity index (χ1v) is 15.9. The molecule has 0 N–H and O–H groups in total. The molecule has 0 nitrogen and oxygen atoms in total. The highest BCUT2D eigenvalue weighted by Gasteiger charge is 2.46. The lowest BCUT2D eigenvalue weighted by atomic mass is 10.3. The van der Waals surface area contributed by atoms with E-state index in [0.29, 0.717) is 5.50 Å². The molecular formula is C26H27ClF2Si2. The summed E-state index contributed by atoms with van der Waals surface area (Å²) in [6.45, 7) is 8.09. The highest BCUT2D eigenvalue weighted by Crippen LogP contribution is 2.29. The van der Waals surface area contributed by atoms with Crippen LogP contribution in [-0.4, -0.2) is 21.7 Å². The largest absolute Gasteiger partial charge is 0.207 e. The van der Waals surface area contributed by atoms with Gasteiger partial charge in [0, 0.05) is 5.50 Å². The van der Waals surface area contributed by atoms with Crippen molar-refractivity contribution in [3.63, 3.8) is 0 Å². The van der Waals surface area contributed by atoms with Crippen molar-refractivity contribution in [1.82, 2.24) is 0 Å². The highest BCUT2D eigenvalue weighted by molar-refractivity contribution is 7.14. The molecule has 0 bridgehead atoms. The molecule has 3 aromatic carbocycles. The van der Waals surface area contributed by atoms with Gasteiger partial charge in [0.2, 0.25) is 0 Å². The SMILES string of the molecule is C=CC[Si](CCl)(C[Si](CC=C)(c1ccc(F)cc1)c1ccc(F)cc1)c1ccccc1. The average Bonchev–Trinajstić information content (AvgIpc) is 2.80. The number of benzene rings is 3. The van der Waals surface area contributed by atoms with Gasteiger partial charge < -0.3 is 0 Å². The number of halogens is 3. The lowest BCUT2D eigenvalue weighted by Gasteiger charge is -2.41. The van der Waals surface area contributed by atoms with Crippen molar-refractivity contribution in [3.05, 3.63) is 116 Å². The Morgan fingerprint density at radius 1 is 0.677 bits per heavy atom. The summed E-state index contributed by atoms with van der Waals surface area (Å²) < 4.78 is 27.7. The molecule has 3 rings (SSSR count). The normalized spacial score (nSPS) is 13.4. The zero-order valence-corrected chi connectivity index (χ0v) is 20.3. The topological polar surface area (TPSA) is 0 Å². The minimum absolute atomic E-state index is 0.264. The molecule has 0 aliphatic carbocycles. The van der Waals surface area contributed by atoms with Crippen molar-refractivity contribution >= 4 is 43.3 Å². The predicted molar refractivity (Wildman–Crippen MR) is 135 cm³/mol. The lowest BCUT2D eigenvalue weighted by Crippen LogP contribution is -2.66. The Bertz CT molecular complexity index is 958. The fourth-order valence-electron chi connectivity index (χ4n) is 4.58. The van der Waals surface area contributed by atoms with Gasteiger partial charge in [-0.2, -0.15) is 0 Å². The summed E-state index contributed by atoms with van der Waals surface area (Å²) in [5.41, 5.74) is 1.46. The minimum Gasteiger partial charge on any atom is -0.207 e. The van der Waals surface area contributed by atoms with E-state index >= 15 is 0 Å². The fourth-order valence-corrected chi connectivity index (χ4v) is 19.7. The van der Waals surface area contributed by atoms with E-state index in [1.54, 1.807) is 0 Å². The first-order valence-electron chi connectivity index (χ1n) is 10.3. The number of hydrogen-bond acceptors (Lipinski definition) is 0. The van der Waals surface area contributed by atoms with Crippen LogP contribution < -0.4 is 15.6 Å². The summed E-state index contributed by atoms with van der Waals surface area (Å²) in [5.74, 6) is -0.529. The van der Waals surface area contributed by atoms with E-state index in [0.717, 1.165) is 28.1 Å². The summed E-state index contributed by atoms with van der Waals surface area (Å²) in [7, 11) is -4.73. The van der Waals surface area contributed by atoms with Crippen molar-refractivity contribution in [2.75, 3.05) is 5.50 Å². The Morgan fingerprint density at radius 2 is 1.16 bits per heavy atom. The number of allylic oxidation sites excluding steroid dienone is 2. The molecule has 31 heavy (non-hydrogen) atoms. The summed E-state index contributed by atoms with van der Waals surface area (Å²) in [6.07, 6.45) is 3.93. The predicted octanol–water partition coefficient (Wildman–Crippen LogP) is 5.57. The smallest absolute Gasteiger partial charge is 0.123 e. The first kappa shape index (κ1) is 23.4. The van der Waals surface area contributed by atoms with Gasteiger partial charge in [-0.3, -0.25) is 0 Å². The molecule has 1 atom stereocenters. The van der Waals surface area contributed by atoms with Crippen molar-refractivity contribution in [1.29, 1.82) is 0 Å². The van der Waals surface area contributed by atoms with Crippen LogP contribution in [0.25, 0.3) is 0 Å². The van der Waals surface area contributed by atoms with Crippen LogP contribution in [0.4, 0.5) is 8.78 Å². The van der Waals surface area contributed by atoms with Crippen LogP contribution in [0.3, 0.4) is 0 Å². The van der Waals surface area contributed by atoms with Gasteiger partial charge in [-0.1, -0.05) is 82.3 Å². The van der Waals surface area contributed by atoms with Crippen LogP contribution in [0, 0.1) is 11.6 Å². The summed E-state index contributed by atoms with van der Waals surface area (Å²) in [6, 6.07) is 25.7. The van der Waals surface area contributed by atoms with Gasteiger partial charge in [0.25, 0.3) is 0 Å². The standard InChI is InChI=1S/C26H27ClF2Si2/c1-3-18-30(20-27,24-8-6-5-7-9-24)21-31(19-4-2,25-14-10-22(28)11-15-25)26-16-12-23(29)13-17-26/h3-17H,1-2,18-21H2. The molecule has 0 spiro atoms. The molecule has 0 saturated heterocycles. The zero-order chi connectivity index (χ0) is 22.3. The number of rotatable bonds is 10. The molecule has 0 aliphatic heterocycles. The Hall–Kier alpha value is -2.28. The second-order valence-corrected chi connectivity index (χ2v) is 17.8. The molecule has 0 amide bonds. The van der Waals surface area contributed by atoms with Crippen molar-refractivity contribution in [2.45, 2.75) is 17.8 Å². The molecule has 0 saturated carbocycles. The zero-order valence-electron chi connectivity index (χ0n) is 17.5. The van der Waals surface area contributed by atoms with Gasteiger partial charge in [-0.15, -0.1) is 24.8 Å². The molecule has 0 fully saturated rings. The Labute approximate surface area is 190 Å². The average molecular weight is 469 g/mol. The lowest BCUT2D eigenvalue weighted by molar-refractivity contribution is 0.628. The van der Waals surface area contributed by atoms with E-state index in [1.165, 1.54) is 29.5 Å². The molecule has 0 aliphatic rings. The third kappa shape index (κ3) is 4.98. The van der Waals surface area contributed by atoms with E-state index in [9.17, 15) is 8.78 Å². The molecule has 3 aromatic rings. The maximum Gasteiger partial charge on any atom is 0.123 e. The van der Waals surface area contributed by atoms with Crippen molar-refractivity contribution < 1.29 is 8.78 Å². The van der Waals surface area contributed by atoms with Crippen LogP contribution >= 0.6 is 11.6 Å². The number of alkyl halides is 1. The van der Waals surface area contributed by atoms with E-state index in [1.807, 2.05) is 42.5 Å². The first-order chi connectivity index (χ1) is 15.0. The molecule has 0 aromatic heterocycles. The Kier molecular flexibility index (Phi) is 7.81. The van der Waals surface area contributed by atoms with Crippen LogP contribution in [0.2, 0.25) is 17.8 Å². The maximum atomic E-state index is 13.8. The minimum atomic E-state index is -2.49. The van der Waals surface area contributed by atoms with E-state index in [-0.39, 0.29) is 11.6 Å². The molecule has 5 heteroatoms.